The maximum atomic E-state index is 3.59. The summed E-state index contributed by atoms with van der Waals surface area (Å²) in [6, 6.07) is 6.49. The summed E-state index contributed by atoms with van der Waals surface area (Å²) in [7, 11) is 0. The Morgan fingerprint density at radius 3 is 2.67 bits per heavy atom. The molecule has 1 aliphatic carbocycles. The van der Waals surface area contributed by atoms with Gasteiger partial charge in [0.2, 0.25) is 0 Å². The first kappa shape index (κ1) is 10.5. The summed E-state index contributed by atoms with van der Waals surface area (Å²) in [4.78, 5) is 0. The maximum Gasteiger partial charge on any atom is 0.0372 e. The van der Waals surface area contributed by atoms with Gasteiger partial charge in [0, 0.05) is 12.2 Å². The second kappa shape index (κ2) is 4.26. The Morgan fingerprint density at radius 1 is 1.27 bits per heavy atom. The van der Waals surface area contributed by atoms with Gasteiger partial charge in [-0.05, 0) is 49.3 Å². The lowest BCUT2D eigenvalue weighted by Gasteiger charge is -2.34. The molecular formula is C14H21N. The van der Waals surface area contributed by atoms with Crippen molar-refractivity contribution in [2.24, 2.45) is 11.8 Å². The number of rotatable bonds is 3. The third-order valence-electron chi connectivity index (χ3n) is 3.96. The summed E-state index contributed by atoms with van der Waals surface area (Å²) in [5.41, 5.74) is 4.08. The van der Waals surface area contributed by atoms with E-state index in [1.807, 2.05) is 0 Å². The summed E-state index contributed by atoms with van der Waals surface area (Å²) in [5.74, 6) is 1.81. The number of nitrogens with one attached hydrogen (secondary N) is 1. The molecule has 1 aliphatic rings. The van der Waals surface area contributed by atoms with Gasteiger partial charge in [-0.2, -0.15) is 0 Å². The van der Waals surface area contributed by atoms with Crippen molar-refractivity contribution in [3.05, 3.63) is 29.3 Å². The van der Waals surface area contributed by atoms with E-state index in [4.69, 9.17) is 0 Å². The third kappa shape index (κ3) is 2.17. The highest BCUT2D eigenvalue weighted by Gasteiger charge is 2.26. The monoisotopic (exact) mass is 203 g/mol. The van der Waals surface area contributed by atoms with Crippen LogP contribution in [0.5, 0.6) is 0 Å². The van der Waals surface area contributed by atoms with Crippen LogP contribution in [0.4, 0.5) is 5.69 Å². The second-order valence-electron chi connectivity index (χ2n) is 4.94. The Bertz CT molecular complexity index is 343. The molecule has 0 radical (unpaired) electrons. The SMILES string of the molecule is Cc1cccc(NC[C@@H]2CC[C@H]2C)c1C. The molecule has 1 N–H and O–H groups in total. The molecule has 0 aliphatic heterocycles. The Morgan fingerprint density at radius 2 is 2.07 bits per heavy atom. The number of hydrogen-bond donors (Lipinski definition) is 1. The van der Waals surface area contributed by atoms with Crippen molar-refractivity contribution in [1.29, 1.82) is 0 Å². The van der Waals surface area contributed by atoms with Crippen LogP contribution in [0.2, 0.25) is 0 Å². The average molecular weight is 203 g/mol. The molecule has 15 heavy (non-hydrogen) atoms. The van der Waals surface area contributed by atoms with Crippen molar-refractivity contribution >= 4 is 5.69 Å². The van der Waals surface area contributed by atoms with E-state index in [0.717, 1.165) is 18.4 Å². The molecule has 1 aromatic rings. The Labute approximate surface area is 92.9 Å². The molecule has 0 amide bonds. The number of benzene rings is 1. The molecule has 0 bridgehead atoms. The van der Waals surface area contributed by atoms with Gasteiger partial charge in [-0.3, -0.25) is 0 Å². The van der Waals surface area contributed by atoms with Crippen LogP contribution in [0.1, 0.15) is 30.9 Å². The molecule has 0 aromatic heterocycles. The topological polar surface area (TPSA) is 12.0 Å². The van der Waals surface area contributed by atoms with E-state index in [1.54, 1.807) is 0 Å². The molecule has 1 heteroatoms. The van der Waals surface area contributed by atoms with E-state index >= 15 is 0 Å². The van der Waals surface area contributed by atoms with Crippen LogP contribution in [0, 0.1) is 25.7 Å². The molecule has 0 unspecified atom stereocenters. The summed E-state index contributed by atoms with van der Waals surface area (Å²) in [6.07, 6.45) is 2.82. The molecule has 1 fully saturated rings. The minimum absolute atomic E-state index is 0.893. The van der Waals surface area contributed by atoms with Crippen LogP contribution in [0.3, 0.4) is 0 Å². The van der Waals surface area contributed by atoms with Crippen LogP contribution in [0.15, 0.2) is 18.2 Å². The van der Waals surface area contributed by atoms with Crippen LogP contribution < -0.4 is 5.32 Å². The molecule has 1 nitrogen and oxygen atoms in total. The van der Waals surface area contributed by atoms with Crippen molar-refractivity contribution in [2.75, 3.05) is 11.9 Å². The molecule has 0 saturated heterocycles. The molecule has 2 atom stereocenters. The maximum absolute atomic E-state index is 3.59. The fourth-order valence-corrected chi connectivity index (χ4v) is 2.22. The minimum atomic E-state index is 0.893. The molecule has 0 heterocycles. The second-order valence-corrected chi connectivity index (χ2v) is 4.94. The van der Waals surface area contributed by atoms with E-state index in [9.17, 15) is 0 Å². The summed E-state index contributed by atoms with van der Waals surface area (Å²) in [6.45, 7) is 7.87. The lowest BCUT2D eigenvalue weighted by atomic mass is 9.75. The summed E-state index contributed by atoms with van der Waals surface area (Å²) >= 11 is 0. The van der Waals surface area contributed by atoms with Gasteiger partial charge in [0.05, 0.1) is 0 Å². The van der Waals surface area contributed by atoms with Gasteiger partial charge in [0.15, 0.2) is 0 Å². The zero-order valence-electron chi connectivity index (χ0n) is 10.0. The fourth-order valence-electron chi connectivity index (χ4n) is 2.22. The van der Waals surface area contributed by atoms with Crippen molar-refractivity contribution < 1.29 is 0 Å². The number of anilines is 1. The highest BCUT2D eigenvalue weighted by molar-refractivity contribution is 5.53. The van der Waals surface area contributed by atoms with Gasteiger partial charge in [-0.1, -0.05) is 25.5 Å². The lowest BCUT2D eigenvalue weighted by molar-refractivity contribution is 0.210. The molecule has 2 rings (SSSR count). The lowest BCUT2D eigenvalue weighted by Crippen LogP contribution is -2.29. The van der Waals surface area contributed by atoms with Crippen LogP contribution in [-0.4, -0.2) is 6.54 Å². The smallest absolute Gasteiger partial charge is 0.0372 e. The van der Waals surface area contributed by atoms with Gasteiger partial charge in [0.25, 0.3) is 0 Å². The Hall–Kier alpha value is -0.980. The van der Waals surface area contributed by atoms with E-state index in [2.05, 4.69) is 44.3 Å². The standard InChI is InChI=1S/C14H21N/c1-10-5-4-6-14(12(10)3)15-9-13-8-7-11(13)2/h4-6,11,13,15H,7-9H2,1-3H3/t11-,13+/m1/s1. The largest absolute Gasteiger partial charge is 0.385 e. The predicted molar refractivity (Wildman–Crippen MR) is 66.3 cm³/mol. The van der Waals surface area contributed by atoms with Crippen molar-refractivity contribution in [1.82, 2.24) is 0 Å². The highest BCUT2D eigenvalue weighted by Crippen LogP contribution is 2.33. The molecule has 0 spiro atoms. The predicted octanol–water partition coefficient (Wildman–Crippen LogP) is 3.76. The highest BCUT2D eigenvalue weighted by atomic mass is 14.9. The van der Waals surface area contributed by atoms with E-state index < -0.39 is 0 Å². The molecule has 1 aromatic carbocycles. The summed E-state index contributed by atoms with van der Waals surface area (Å²) in [5, 5.41) is 3.59. The quantitative estimate of drug-likeness (QED) is 0.788. The first-order chi connectivity index (χ1) is 7.18. The van der Waals surface area contributed by atoms with Crippen LogP contribution in [0.25, 0.3) is 0 Å². The van der Waals surface area contributed by atoms with Gasteiger partial charge >= 0.3 is 0 Å². The third-order valence-corrected chi connectivity index (χ3v) is 3.96. The van der Waals surface area contributed by atoms with Crippen LogP contribution >= 0.6 is 0 Å². The van der Waals surface area contributed by atoms with Crippen molar-refractivity contribution in [3.63, 3.8) is 0 Å². The van der Waals surface area contributed by atoms with Crippen molar-refractivity contribution in [2.45, 2.75) is 33.6 Å². The van der Waals surface area contributed by atoms with Gasteiger partial charge in [0.1, 0.15) is 0 Å². The van der Waals surface area contributed by atoms with Crippen LogP contribution in [-0.2, 0) is 0 Å². The average Bonchev–Trinajstić information content (AvgIpc) is 2.22. The van der Waals surface area contributed by atoms with E-state index in [0.29, 0.717) is 0 Å². The zero-order valence-corrected chi connectivity index (χ0v) is 10.0. The fraction of sp³-hybridized carbons (Fsp3) is 0.571. The first-order valence-corrected chi connectivity index (χ1v) is 5.98. The number of aryl methyl sites for hydroxylation is 1. The van der Waals surface area contributed by atoms with E-state index in [1.165, 1.54) is 29.7 Å². The Kier molecular flexibility index (Phi) is 2.99. The Balaban J connectivity index is 1.96. The van der Waals surface area contributed by atoms with E-state index in [-0.39, 0.29) is 0 Å². The van der Waals surface area contributed by atoms with Gasteiger partial charge in [-0.25, -0.2) is 0 Å². The molecule has 1 saturated carbocycles. The summed E-state index contributed by atoms with van der Waals surface area (Å²) < 4.78 is 0. The molecular weight excluding hydrogens is 182 g/mol. The minimum Gasteiger partial charge on any atom is -0.385 e. The van der Waals surface area contributed by atoms with Gasteiger partial charge < -0.3 is 5.32 Å². The van der Waals surface area contributed by atoms with Gasteiger partial charge in [-0.15, -0.1) is 0 Å². The zero-order chi connectivity index (χ0) is 10.8. The van der Waals surface area contributed by atoms with Crippen molar-refractivity contribution in [3.8, 4) is 0 Å². The normalized spacial score (nSPS) is 24.7. The number of hydrogen-bond acceptors (Lipinski definition) is 1. The molecule has 82 valence electrons. The first-order valence-electron chi connectivity index (χ1n) is 5.98.